The van der Waals surface area contributed by atoms with Gasteiger partial charge in [0.25, 0.3) is 0 Å². The van der Waals surface area contributed by atoms with E-state index < -0.39 is 0 Å². The fourth-order valence-corrected chi connectivity index (χ4v) is 2.49. The van der Waals surface area contributed by atoms with E-state index in [1.807, 2.05) is 0 Å². The van der Waals surface area contributed by atoms with Gasteiger partial charge in [0.2, 0.25) is 0 Å². The Kier molecular flexibility index (Phi) is 7.23. The van der Waals surface area contributed by atoms with E-state index in [4.69, 9.17) is 11.2 Å². The molecule has 0 saturated heterocycles. The van der Waals surface area contributed by atoms with Crippen molar-refractivity contribution in [3.8, 4) is 18.1 Å². The lowest BCUT2D eigenvalue weighted by Crippen LogP contribution is -2.04. The molecule has 0 spiro atoms. The molecule has 0 aromatic heterocycles. The molecule has 0 aliphatic rings. The van der Waals surface area contributed by atoms with Crippen LogP contribution in [0.1, 0.15) is 76.3 Å². The predicted molar refractivity (Wildman–Crippen MR) is 87.4 cm³/mol. The molecule has 0 saturated carbocycles. The molecule has 110 valence electrons. The van der Waals surface area contributed by atoms with Crippen molar-refractivity contribution in [1.29, 1.82) is 0 Å². The SMILES string of the molecule is C#CCC(CCC)c1ccc(OCCC)c(C(C)C)c1. The molecule has 1 rings (SSSR count). The minimum Gasteiger partial charge on any atom is -0.493 e. The first-order chi connectivity index (χ1) is 9.63. The summed E-state index contributed by atoms with van der Waals surface area (Å²) in [5.41, 5.74) is 2.66. The Hall–Kier alpha value is -1.42. The first kappa shape index (κ1) is 16.6. The second-order valence-corrected chi connectivity index (χ2v) is 5.69. The van der Waals surface area contributed by atoms with E-state index in [9.17, 15) is 0 Å². The maximum absolute atomic E-state index is 5.86. The number of rotatable bonds is 8. The number of hydrogen-bond donors (Lipinski definition) is 0. The van der Waals surface area contributed by atoms with Crippen LogP contribution in [0.15, 0.2) is 18.2 Å². The Bertz CT molecular complexity index is 440. The van der Waals surface area contributed by atoms with Gasteiger partial charge in [0, 0.05) is 6.42 Å². The van der Waals surface area contributed by atoms with Crippen LogP contribution in [0.25, 0.3) is 0 Å². The summed E-state index contributed by atoms with van der Waals surface area (Å²) >= 11 is 0. The van der Waals surface area contributed by atoms with Crippen LogP contribution in [-0.2, 0) is 0 Å². The Labute approximate surface area is 124 Å². The minimum absolute atomic E-state index is 0.468. The van der Waals surface area contributed by atoms with Crippen LogP contribution in [0, 0.1) is 12.3 Å². The average Bonchev–Trinajstić information content (AvgIpc) is 2.44. The van der Waals surface area contributed by atoms with Crippen LogP contribution in [0.5, 0.6) is 5.75 Å². The molecule has 0 heterocycles. The molecule has 0 radical (unpaired) electrons. The summed E-state index contributed by atoms with van der Waals surface area (Å²) < 4.78 is 5.86. The highest BCUT2D eigenvalue weighted by atomic mass is 16.5. The number of benzene rings is 1. The maximum Gasteiger partial charge on any atom is 0.122 e. The highest BCUT2D eigenvalue weighted by molar-refractivity contribution is 5.40. The molecule has 1 unspecified atom stereocenters. The zero-order valence-electron chi connectivity index (χ0n) is 13.4. The molecule has 0 bridgehead atoms. The predicted octanol–water partition coefficient (Wildman–Crippen LogP) is 5.51. The molecule has 1 aromatic rings. The number of ether oxygens (including phenoxy) is 1. The summed E-state index contributed by atoms with van der Waals surface area (Å²) in [5.74, 6) is 4.79. The molecule has 0 aliphatic carbocycles. The van der Waals surface area contributed by atoms with Crippen LogP contribution in [0.2, 0.25) is 0 Å². The van der Waals surface area contributed by atoms with Crippen LogP contribution < -0.4 is 4.74 Å². The van der Waals surface area contributed by atoms with Gasteiger partial charge in [-0.05, 0) is 41.9 Å². The van der Waals surface area contributed by atoms with Gasteiger partial charge < -0.3 is 4.74 Å². The van der Waals surface area contributed by atoms with Gasteiger partial charge in [-0.3, -0.25) is 0 Å². The van der Waals surface area contributed by atoms with Crippen molar-refractivity contribution in [2.75, 3.05) is 6.61 Å². The summed E-state index contributed by atoms with van der Waals surface area (Å²) in [4.78, 5) is 0. The first-order valence-corrected chi connectivity index (χ1v) is 7.84. The Morgan fingerprint density at radius 3 is 2.50 bits per heavy atom. The van der Waals surface area contributed by atoms with Gasteiger partial charge in [-0.15, -0.1) is 12.3 Å². The van der Waals surface area contributed by atoms with Crippen LogP contribution >= 0.6 is 0 Å². The van der Waals surface area contributed by atoms with Gasteiger partial charge in [0.05, 0.1) is 6.61 Å². The number of hydrogen-bond acceptors (Lipinski definition) is 1. The first-order valence-electron chi connectivity index (χ1n) is 7.84. The third-order valence-corrected chi connectivity index (χ3v) is 3.59. The van der Waals surface area contributed by atoms with Gasteiger partial charge in [-0.2, -0.15) is 0 Å². The highest BCUT2D eigenvalue weighted by Crippen LogP contribution is 2.33. The molecule has 1 heteroatoms. The normalized spacial score (nSPS) is 12.2. The smallest absolute Gasteiger partial charge is 0.122 e. The van der Waals surface area contributed by atoms with Crippen LogP contribution in [-0.4, -0.2) is 6.61 Å². The lowest BCUT2D eigenvalue weighted by Gasteiger charge is -2.19. The molecular weight excluding hydrogens is 244 g/mol. The summed E-state index contributed by atoms with van der Waals surface area (Å²) in [6.07, 6.45) is 9.69. The van der Waals surface area contributed by atoms with Crippen molar-refractivity contribution in [3.63, 3.8) is 0 Å². The van der Waals surface area contributed by atoms with Gasteiger partial charge in [-0.25, -0.2) is 0 Å². The van der Waals surface area contributed by atoms with Crippen molar-refractivity contribution in [3.05, 3.63) is 29.3 Å². The van der Waals surface area contributed by atoms with Gasteiger partial charge in [-0.1, -0.05) is 46.2 Å². The summed E-state index contributed by atoms with van der Waals surface area (Å²) in [7, 11) is 0. The van der Waals surface area contributed by atoms with E-state index >= 15 is 0 Å². The Morgan fingerprint density at radius 1 is 1.20 bits per heavy atom. The minimum atomic E-state index is 0.468. The third-order valence-electron chi connectivity index (χ3n) is 3.59. The molecule has 0 aliphatic heterocycles. The molecule has 20 heavy (non-hydrogen) atoms. The van der Waals surface area contributed by atoms with Crippen molar-refractivity contribution >= 4 is 0 Å². The zero-order chi connectivity index (χ0) is 15.0. The Morgan fingerprint density at radius 2 is 1.95 bits per heavy atom. The van der Waals surface area contributed by atoms with Crippen molar-refractivity contribution < 1.29 is 4.74 Å². The van der Waals surface area contributed by atoms with E-state index in [2.05, 4.69) is 51.8 Å². The standard InChI is InChI=1S/C19H28O/c1-6-9-16(10-7-2)17-11-12-19(20-13-8-3)18(14-17)15(4)5/h1,11-12,14-16H,7-10,13H2,2-5H3. The molecule has 1 atom stereocenters. The second kappa shape index (κ2) is 8.69. The monoisotopic (exact) mass is 272 g/mol. The molecular formula is C19H28O. The summed E-state index contributed by atoms with van der Waals surface area (Å²) in [6, 6.07) is 6.61. The fourth-order valence-electron chi connectivity index (χ4n) is 2.49. The molecule has 1 aromatic carbocycles. The fraction of sp³-hybridized carbons (Fsp3) is 0.579. The molecule has 0 N–H and O–H groups in total. The summed E-state index contributed by atoms with van der Waals surface area (Å²) in [5, 5.41) is 0. The molecule has 1 nitrogen and oxygen atoms in total. The third kappa shape index (κ3) is 4.60. The zero-order valence-corrected chi connectivity index (χ0v) is 13.4. The van der Waals surface area contributed by atoms with E-state index in [1.54, 1.807) is 0 Å². The van der Waals surface area contributed by atoms with E-state index in [0.29, 0.717) is 11.8 Å². The molecule has 0 amide bonds. The van der Waals surface area contributed by atoms with Gasteiger partial charge >= 0.3 is 0 Å². The summed E-state index contributed by atoms with van der Waals surface area (Å²) in [6.45, 7) is 9.56. The quantitative estimate of drug-likeness (QED) is 0.567. The van der Waals surface area contributed by atoms with Crippen molar-refractivity contribution in [1.82, 2.24) is 0 Å². The average molecular weight is 272 g/mol. The van der Waals surface area contributed by atoms with Gasteiger partial charge in [0.15, 0.2) is 0 Å². The van der Waals surface area contributed by atoms with E-state index in [-0.39, 0.29) is 0 Å². The topological polar surface area (TPSA) is 9.23 Å². The van der Waals surface area contributed by atoms with Crippen LogP contribution in [0.3, 0.4) is 0 Å². The van der Waals surface area contributed by atoms with Crippen molar-refractivity contribution in [2.24, 2.45) is 0 Å². The van der Waals surface area contributed by atoms with Gasteiger partial charge in [0.1, 0.15) is 5.75 Å². The molecule has 0 fully saturated rings. The second-order valence-electron chi connectivity index (χ2n) is 5.69. The van der Waals surface area contributed by atoms with E-state index in [1.165, 1.54) is 11.1 Å². The maximum atomic E-state index is 5.86. The number of terminal acetylenes is 1. The van der Waals surface area contributed by atoms with E-state index in [0.717, 1.165) is 38.0 Å². The lowest BCUT2D eigenvalue weighted by molar-refractivity contribution is 0.313. The largest absolute Gasteiger partial charge is 0.493 e. The highest BCUT2D eigenvalue weighted by Gasteiger charge is 2.14. The van der Waals surface area contributed by atoms with Crippen LogP contribution in [0.4, 0.5) is 0 Å². The lowest BCUT2D eigenvalue weighted by atomic mass is 9.88. The Balaban J connectivity index is 3.04. The van der Waals surface area contributed by atoms with Crippen molar-refractivity contribution in [2.45, 2.75) is 65.2 Å².